The summed E-state index contributed by atoms with van der Waals surface area (Å²) in [4.78, 5) is 23.6. The molecule has 0 atom stereocenters. The number of benzene rings is 2. The highest BCUT2D eigenvalue weighted by molar-refractivity contribution is 6.03. The lowest BCUT2D eigenvalue weighted by Crippen LogP contribution is -2.14. The molecule has 0 saturated carbocycles. The molecule has 0 aliphatic heterocycles. The van der Waals surface area contributed by atoms with Gasteiger partial charge < -0.3 is 10.6 Å². The molecule has 1 amide bonds. The van der Waals surface area contributed by atoms with Crippen LogP contribution in [0.2, 0.25) is 0 Å². The quantitative estimate of drug-likeness (QED) is 0.663. The highest BCUT2D eigenvalue weighted by Gasteiger charge is 2.10. The van der Waals surface area contributed by atoms with Gasteiger partial charge in [-0.15, -0.1) is 10.2 Å². The van der Waals surface area contributed by atoms with Gasteiger partial charge in [-0.05, 0) is 74.4 Å². The number of nitrogens with zero attached hydrogens (tertiary/aromatic N) is 2. The lowest BCUT2D eigenvalue weighted by atomic mass is 10.1. The third kappa shape index (κ3) is 4.55. The van der Waals surface area contributed by atoms with Gasteiger partial charge in [-0.1, -0.05) is 12.1 Å². The number of aryl methyl sites for hydroxylation is 2. The van der Waals surface area contributed by atoms with Crippen LogP contribution < -0.4 is 10.6 Å². The van der Waals surface area contributed by atoms with Gasteiger partial charge in [0.15, 0.2) is 17.3 Å². The van der Waals surface area contributed by atoms with E-state index in [1.165, 1.54) is 6.92 Å². The number of anilines is 3. The van der Waals surface area contributed by atoms with Crippen LogP contribution in [0.5, 0.6) is 0 Å². The van der Waals surface area contributed by atoms with Gasteiger partial charge >= 0.3 is 0 Å². The Morgan fingerprint density at radius 1 is 0.889 bits per heavy atom. The Balaban J connectivity index is 1.68. The summed E-state index contributed by atoms with van der Waals surface area (Å²) in [5.74, 6) is 0.174. The Labute approximate surface area is 157 Å². The van der Waals surface area contributed by atoms with Gasteiger partial charge in [-0.2, -0.15) is 0 Å². The maximum atomic E-state index is 12.3. The first-order chi connectivity index (χ1) is 12.9. The first-order valence-corrected chi connectivity index (χ1v) is 8.53. The molecule has 2 N–H and O–H groups in total. The van der Waals surface area contributed by atoms with Crippen LogP contribution >= 0.6 is 0 Å². The molecular formula is C21H20N4O2. The number of Topliss-reactive ketones (excluding diaryl/α,β-unsaturated/α-hetero) is 1. The van der Waals surface area contributed by atoms with Gasteiger partial charge in [-0.3, -0.25) is 9.59 Å². The molecule has 6 heteroatoms. The van der Waals surface area contributed by atoms with Crippen LogP contribution in [0.25, 0.3) is 0 Å². The third-order valence-electron chi connectivity index (χ3n) is 4.10. The number of rotatable bonds is 5. The van der Waals surface area contributed by atoms with Gasteiger partial charge in [0.1, 0.15) is 0 Å². The predicted octanol–water partition coefficient (Wildman–Crippen LogP) is 4.29. The van der Waals surface area contributed by atoms with Crippen LogP contribution in [0.15, 0.2) is 54.6 Å². The zero-order valence-corrected chi connectivity index (χ0v) is 15.4. The number of hydrogen-bond acceptors (Lipinski definition) is 5. The Kier molecular flexibility index (Phi) is 5.26. The summed E-state index contributed by atoms with van der Waals surface area (Å²) in [6, 6.07) is 16.1. The van der Waals surface area contributed by atoms with Crippen molar-refractivity contribution in [2.75, 3.05) is 10.6 Å². The van der Waals surface area contributed by atoms with Crippen molar-refractivity contribution < 1.29 is 9.59 Å². The first kappa shape index (κ1) is 18.3. The average Bonchev–Trinajstić information content (AvgIpc) is 2.65. The first-order valence-electron chi connectivity index (χ1n) is 8.53. The van der Waals surface area contributed by atoms with E-state index in [1.54, 1.807) is 36.4 Å². The fourth-order valence-electron chi connectivity index (χ4n) is 2.51. The summed E-state index contributed by atoms with van der Waals surface area (Å²) in [6.07, 6.45) is 0. The summed E-state index contributed by atoms with van der Waals surface area (Å²) >= 11 is 0. The molecule has 3 rings (SSSR count). The molecule has 1 heterocycles. The van der Waals surface area contributed by atoms with E-state index in [0.29, 0.717) is 17.1 Å². The van der Waals surface area contributed by atoms with Gasteiger partial charge in [0, 0.05) is 16.9 Å². The molecule has 0 bridgehead atoms. The molecule has 0 aliphatic carbocycles. The van der Waals surface area contributed by atoms with E-state index in [1.807, 2.05) is 32.0 Å². The van der Waals surface area contributed by atoms with Gasteiger partial charge in [0.2, 0.25) is 0 Å². The molecule has 0 saturated heterocycles. The summed E-state index contributed by atoms with van der Waals surface area (Å²) in [5, 5.41) is 14.0. The van der Waals surface area contributed by atoms with E-state index in [0.717, 1.165) is 16.8 Å². The van der Waals surface area contributed by atoms with Crippen LogP contribution in [0.1, 0.15) is 38.9 Å². The number of carbonyl (C=O) groups is 2. The number of amides is 1. The largest absolute Gasteiger partial charge is 0.339 e. The number of hydrogen-bond donors (Lipinski definition) is 2. The molecule has 3 aromatic rings. The van der Waals surface area contributed by atoms with Crippen molar-refractivity contribution in [3.63, 3.8) is 0 Å². The van der Waals surface area contributed by atoms with Crippen LogP contribution in [0.4, 0.5) is 17.2 Å². The van der Waals surface area contributed by atoms with Crippen molar-refractivity contribution in [1.29, 1.82) is 0 Å². The standard InChI is InChI=1S/C21H20N4O2/c1-13-4-5-14(2)19(12-13)23-20-11-10-18(24-25-20)21(27)22-17-8-6-16(7-9-17)15(3)26/h4-12H,1-3H3,(H,22,27)(H,23,25). The molecule has 0 fully saturated rings. The fourth-order valence-corrected chi connectivity index (χ4v) is 2.51. The van der Waals surface area contributed by atoms with Crippen molar-refractivity contribution in [2.45, 2.75) is 20.8 Å². The molecule has 0 radical (unpaired) electrons. The van der Waals surface area contributed by atoms with Crippen molar-refractivity contribution in [2.24, 2.45) is 0 Å². The number of carbonyl (C=O) groups excluding carboxylic acids is 2. The number of ketones is 1. The Bertz CT molecular complexity index is 980. The Morgan fingerprint density at radius 3 is 2.26 bits per heavy atom. The SMILES string of the molecule is CC(=O)c1ccc(NC(=O)c2ccc(Nc3cc(C)ccc3C)nn2)cc1. The average molecular weight is 360 g/mol. The third-order valence-corrected chi connectivity index (χ3v) is 4.10. The second kappa shape index (κ2) is 7.78. The molecule has 136 valence electrons. The minimum Gasteiger partial charge on any atom is -0.339 e. The Hall–Kier alpha value is -3.54. The molecule has 6 nitrogen and oxygen atoms in total. The summed E-state index contributed by atoms with van der Waals surface area (Å²) in [6.45, 7) is 5.53. The molecule has 27 heavy (non-hydrogen) atoms. The maximum absolute atomic E-state index is 12.3. The lowest BCUT2D eigenvalue weighted by Gasteiger charge is -2.10. The van der Waals surface area contributed by atoms with E-state index in [-0.39, 0.29) is 17.4 Å². The smallest absolute Gasteiger partial charge is 0.276 e. The van der Waals surface area contributed by atoms with E-state index < -0.39 is 0 Å². The number of aromatic nitrogens is 2. The van der Waals surface area contributed by atoms with E-state index in [4.69, 9.17) is 0 Å². The van der Waals surface area contributed by atoms with Crippen LogP contribution in [0.3, 0.4) is 0 Å². The zero-order valence-electron chi connectivity index (χ0n) is 15.4. The minimum atomic E-state index is -0.364. The molecule has 2 aromatic carbocycles. The van der Waals surface area contributed by atoms with Crippen LogP contribution in [-0.2, 0) is 0 Å². The van der Waals surface area contributed by atoms with E-state index in [9.17, 15) is 9.59 Å². The zero-order chi connectivity index (χ0) is 19.4. The number of nitrogens with one attached hydrogen (secondary N) is 2. The van der Waals surface area contributed by atoms with Crippen molar-refractivity contribution in [3.05, 3.63) is 77.0 Å². The van der Waals surface area contributed by atoms with Crippen molar-refractivity contribution >= 4 is 28.9 Å². The molecule has 0 aliphatic rings. The predicted molar refractivity (Wildman–Crippen MR) is 106 cm³/mol. The molecular weight excluding hydrogens is 340 g/mol. The minimum absolute atomic E-state index is 0.0225. The monoisotopic (exact) mass is 360 g/mol. The van der Waals surface area contributed by atoms with Gasteiger partial charge in [0.25, 0.3) is 5.91 Å². The summed E-state index contributed by atoms with van der Waals surface area (Å²) < 4.78 is 0. The van der Waals surface area contributed by atoms with E-state index >= 15 is 0 Å². The van der Waals surface area contributed by atoms with Gasteiger partial charge in [-0.25, -0.2) is 0 Å². The highest BCUT2D eigenvalue weighted by atomic mass is 16.2. The van der Waals surface area contributed by atoms with E-state index in [2.05, 4.69) is 20.8 Å². The molecule has 1 aromatic heterocycles. The highest BCUT2D eigenvalue weighted by Crippen LogP contribution is 2.20. The molecule has 0 spiro atoms. The summed E-state index contributed by atoms with van der Waals surface area (Å²) in [7, 11) is 0. The fraction of sp³-hybridized carbons (Fsp3) is 0.143. The van der Waals surface area contributed by atoms with Crippen molar-refractivity contribution in [3.8, 4) is 0 Å². The second-order valence-electron chi connectivity index (χ2n) is 6.33. The maximum Gasteiger partial charge on any atom is 0.276 e. The van der Waals surface area contributed by atoms with Crippen LogP contribution in [0, 0.1) is 13.8 Å². The summed E-state index contributed by atoms with van der Waals surface area (Å²) in [5.41, 5.74) is 4.57. The molecule has 0 unspecified atom stereocenters. The lowest BCUT2D eigenvalue weighted by molar-refractivity contribution is 0.101. The van der Waals surface area contributed by atoms with Crippen molar-refractivity contribution in [1.82, 2.24) is 10.2 Å². The second-order valence-corrected chi connectivity index (χ2v) is 6.33. The van der Waals surface area contributed by atoms with Gasteiger partial charge in [0.05, 0.1) is 0 Å². The Morgan fingerprint density at radius 2 is 1.63 bits per heavy atom. The topological polar surface area (TPSA) is 84.0 Å². The normalized spacial score (nSPS) is 10.3. The van der Waals surface area contributed by atoms with Crippen LogP contribution in [-0.4, -0.2) is 21.9 Å².